The van der Waals surface area contributed by atoms with E-state index in [1.54, 1.807) is 14.2 Å². The minimum absolute atomic E-state index is 0.0515. The average Bonchev–Trinajstić information content (AvgIpc) is 2.65. The van der Waals surface area contributed by atoms with E-state index >= 15 is 0 Å². The van der Waals surface area contributed by atoms with Crippen LogP contribution in [0.4, 0.5) is 0 Å². The number of hydroxylamine groups is 2. The van der Waals surface area contributed by atoms with Gasteiger partial charge in [-0.1, -0.05) is 38.1 Å². The Morgan fingerprint density at radius 2 is 1.36 bits per heavy atom. The van der Waals surface area contributed by atoms with E-state index < -0.39 is 0 Å². The van der Waals surface area contributed by atoms with Crippen molar-refractivity contribution in [2.75, 3.05) is 14.2 Å². The van der Waals surface area contributed by atoms with Crippen LogP contribution in [-0.2, 0) is 22.8 Å². The lowest BCUT2D eigenvalue weighted by atomic mass is 10.1. The number of ether oxygens (including phenoxy) is 2. The Bertz CT molecular complexity index is 665. The van der Waals surface area contributed by atoms with E-state index in [-0.39, 0.29) is 11.8 Å². The molecule has 0 saturated heterocycles. The summed E-state index contributed by atoms with van der Waals surface area (Å²) >= 11 is 0. The third-order valence-electron chi connectivity index (χ3n) is 3.77. The first-order chi connectivity index (χ1) is 12.0. The van der Waals surface area contributed by atoms with Gasteiger partial charge in [0.15, 0.2) is 0 Å². The summed E-state index contributed by atoms with van der Waals surface area (Å²) in [6.45, 7) is 4.43. The Morgan fingerprint density at radius 1 is 0.880 bits per heavy atom. The van der Waals surface area contributed by atoms with E-state index in [9.17, 15) is 4.79 Å². The molecule has 1 amide bonds. The van der Waals surface area contributed by atoms with Gasteiger partial charge in [-0.3, -0.25) is 9.63 Å². The van der Waals surface area contributed by atoms with E-state index in [0.717, 1.165) is 22.6 Å². The number of methoxy groups -OCH3 is 2. The topological polar surface area (TPSA) is 48.0 Å². The predicted octanol–water partition coefficient (Wildman–Crippen LogP) is 3.82. The van der Waals surface area contributed by atoms with Gasteiger partial charge in [0.25, 0.3) is 0 Å². The number of carbonyl (C=O) groups excluding carboxylic acids is 1. The first kappa shape index (κ1) is 18.8. The van der Waals surface area contributed by atoms with Crippen molar-refractivity contribution in [2.24, 2.45) is 5.92 Å². The second kappa shape index (κ2) is 9.08. The van der Waals surface area contributed by atoms with E-state index in [1.165, 1.54) is 5.06 Å². The Balaban J connectivity index is 2.05. The van der Waals surface area contributed by atoms with Crippen LogP contribution in [0.15, 0.2) is 48.5 Å². The van der Waals surface area contributed by atoms with E-state index in [4.69, 9.17) is 14.3 Å². The fraction of sp³-hybridized carbons (Fsp3) is 0.350. The average molecular weight is 343 g/mol. The summed E-state index contributed by atoms with van der Waals surface area (Å²) in [5.74, 6) is 1.38. The van der Waals surface area contributed by atoms with Crippen molar-refractivity contribution in [3.63, 3.8) is 0 Å². The molecular weight excluding hydrogens is 318 g/mol. The number of hydrogen-bond donors (Lipinski definition) is 0. The molecule has 2 aromatic carbocycles. The molecular formula is C20H25NO4. The first-order valence-corrected chi connectivity index (χ1v) is 8.23. The van der Waals surface area contributed by atoms with Gasteiger partial charge in [0.05, 0.1) is 20.8 Å². The van der Waals surface area contributed by atoms with Crippen molar-refractivity contribution in [3.8, 4) is 11.5 Å². The molecule has 0 aliphatic heterocycles. The molecule has 0 fully saturated rings. The fourth-order valence-electron chi connectivity index (χ4n) is 2.25. The Hall–Kier alpha value is -2.53. The van der Waals surface area contributed by atoms with Crippen LogP contribution in [0.2, 0.25) is 0 Å². The SMILES string of the molecule is COc1ccc(CON(Cc2ccc(OC)cc2)C(=O)C(C)C)cc1. The maximum atomic E-state index is 12.4. The number of carbonyl (C=O) groups is 1. The summed E-state index contributed by atoms with van der Waals surface area (Å²) in [7, 11) is 3.25. The maximum Gasteiger partial charge on any atom is 0.248 e. The molecule has 0 radical (unpaired) electrons. The van der Waals surface area contributed by atoms with Gasteiger partial charge in [0.2, 0.25) is 5.91 Å². The molecule has 0 N–H and O–H groups in total. The zero-order valence-corrected chi connectivity index (χ0v) is 15.2. The molecule has 134 valence electrons. The lowest BCUT2D eigenvalue weighted by molar-refractivity contribution is -0.198. The number of nitrogens with zero attached hydrogens (tertiary/aromatic N) is 1. The van der Waals surface area contributed by atoms with Crippen LogP contribution < -0.4 is 9.47 Å². The molecule has 0 bridgehead atoms. The van der Waals surface area contributed by atoms with Crippen LogP contribution in [0.25, 0.3) is 0 Å². The monoisotopic (exact) mass is 343 g/mol. The molecule has 0 aliphatic carbocycles. The molecule has 0 unspecified atom stereocenters. The minimum atomic E-state index is -0.144. The molecule has 0 aromatic heterocycles. The quantitative estimate of drug-likeness (QED) is 0.684. The summed E-state index contributed by atoms with van der Waals surface area (Å²) < 4.78 is 10.3. The van der Waals surface area contributed by atoms with Crippen LogP contribution >= 0.6 is 0 Å². The third kappa shape index (κ3) is 5.50. The van der Waals surface area contributed by atoms with Crippen molar-refractivity contribution in [2.45, 2.75) is 27.0 Å². The molecule has 0 spiro atoms. The van der Waals surface area contributed by atoms with E-state index in [1.807, 2.05) is 62.4 Å². The third-order valence-corrected chi connectivity index (χ3v) is 3.77. The summed E-state index contributed by atoms with van der Waals surface area (Å²) in [5.41, 5.74) is 1.95. The Morgan fingerprint density at radius 3 is 1.80 bits per heavy atom. The number of rotatable bonds is 8. The standard InChI is InChI=1S/C20H25NO4/c1-15(2)20(22)21(13-16-5-9-18(23-3)10-6-16)25-14-17-7-11-19(24-4)12-8-17/h5-12,15H,13-14H2,1-4H3. The smallest absolute Gasteiger partial charge is 0.248 e. The maximum absolute atomic E-state index is 12.4. The molecule has 2 rings (SSSR count). The number of amides is 1. The summed E-state index contributed by atoms with van der Waals surface area (Å²) in [4.78, 5) is 18.2. The highest BCUT2D eigenvalue weighted by atomic mass is 16.7. The van der Waals surface area contributed by atoms with Crippen LogP contribution in [-0.4, -0.2) is 25.2 Å². The predicted molar refractivity (Wildman–Crippen MR) is 96.2 cm³/mol. The Kier molecular flexibility index (Phi) is 6.83. The van der Waals surface area contributed by atoms with Gasteiger partial charge < -0.3 is 9.47 Å². The van der Waals surface area contributed by atoms with Gasteiger partial charge in [-0.15, -0.1) is 0 Å². The van der Waals surface area contributed by atoms with Gasteiger partial charge in [-0.2, -0.15) is 0 Å². The first-order valence-electron chi connectivity index (χ1n) is 8.23. The highest BCUT2D eigenvalue weighted by Crippen LogP contribution is 2.17. The normalized spacial score (nSPS) is 10.6. The van der Waals surface area contributed by atoms with Crippen molar-refractivity contribution in [1.82, 2.24) is 5.06 Å². The van der Waals surface area contributed by atoms with Crippen molar-refractivity contribution in [1.29, 1.82) is 0 Å². The van der Waals surface area contributed by atoms with Gasteiger partial charge in [-0.25, -0.2) is 5.06 Å². The summed E-state index contributed by atoms with van der Waals surface area (Å²) in [6, 6.07) is 15.2. The van der Waals surface area contributed by atoms with E-state index in [0.29, 0.717) is 13.2 Å². The molecule has 5 heteroatoms. The van der Waals surface area contributed by atoms with E-state index in [2.05, 4.69) is 0 Å². The van der Waals surface area contributed by atoms with Gasteiger partial charge >= 0.3 is 0 Å². The molecule has 0 heterocycles. The zero-order valence-electron chi connectivity index (χ0n) is 15.2. The Labute approximate surface area is 149 Å². The van der Waals surface area contributed by atoms with Crippen LogP contribution in [0.5, 0.6) is 11.5 Å². The number of benzene rings is 2. The van der Waals surface area contributed by atoms with Gasteiger partial charge in [0, 0.05) is 5.92 Å². The minimum Gasteiger partial charge on any atom is -0.497 e. The van der Waals surface area contributed by atoms with Gasteiger partial charge in [0.1, 0.15) is 18.1 Å². The largest absolute Gasteiger partial charge is 0.497 e. The fourth-order valence-corrected chi connectivity index (χ4v) is 2.25. The van der Waals surface area contributed by atoms with Crippen LogP contribution in [0.3, 0.4) is 0 Å². The summed E-state index contributed by atoms with van der Waals surface area (Å²) in [5, 5.41) is 1.43. The second-order valence-electron chi connectivity index (χ2n) is 6.00. The molecule has 0 atom stereocenters. The van der Waals surface area contributed by atoms with Crippen molar-refractivity contribution < 1.29 is 19.1 Å². The van der Waals surface area contributed by atoms with Crippen LogP contribution in [0.1, 0.15) is 25.0 Å². The zero-order chi connectivity index (χ0) is 18.2. The van der Waals surface area contributed by atoms with Crippen LogP contribution in [0, 0.1) is 5.92 Å². The number of hydrogen-bond acceptors (Lipinski definition) is 4. The molecule has 0 aliphatic rings. The highest BCUT2D eigenvalue weighted by Gasteiger charge is 2.18. The molecule has 5 nitrogen and oxygen atoms in total. The second-order valence-corrected chi connectivity index (χ2v) is 6.00. The van der Waals surface area contributed by atoms with Crippen molar-refractivity contribution in [3.05, 3.63) is 59.7 Å². The molecule has 2 aromatic rings. The van der Waals surface area contributed by atoms with Gasteiger partial charge in [-0.05, 0) is 35.4 Å². The molecule has 25 heavy (non-hydrogen) atoms. The highest BCUT2D eigenvalue weighted by molar-refractivity contribution is 5.77. The summed E-state index contributed by atoms with van der Waals surface area (Å²) in [6.07, 6.45) is 0. The van der Waals surface area contributed by atoms with Crippen molar-refractivity contribution >= 4 is 5.91 Å². The lowest BCUT2D eigenvalue weighted by Crippen LogP contribution is -2.33. The molecule has 0 saturated carbocycles. The lowest BCUT2D eigenvalue weighted by Gasteiger charge is -2.24.